The van der Waals surface area contributed by atoms with Crippen LogP contribution in [0, 0.1) is 132 Å². The molecule has 6 fully saturated rings. The molecule has 6 saturated carbocycles. The molecule has 0 spiro atoms. The van der Waals surface area contributed by atoms with Crippen molar-refractivity contribution in [1.82, 2.24) is 0 Å². The summed E-state index contributed by atoms with van der Waals surface area (Å²) in [4.78, 5) is 0. The largest absolute Gasteiger partial charge is 0.372 e. The first-order chi connectivity index (χ1) is 33.3. The second-order valence-electron chi connectivity index (χ2n) is 27.3. The Morgan fingerprint density at radius 1 is 0.231 bits per heavy atom. The second kappa shape index (κ2) is 79.7. The molecule has 0 aliphatic heterocycles. The van der Waals surface area contributed by atoms with E-state index < -0.39 is 0 Å². The van der Waals surface area contributed by atoms with Gasteiger partial charge in [0, 0.05) is 196 Å². The van der Waals surface area contributed by atoms with Crippen LogP contribution in [0.5, 0.6) is 0 Å². The van der Waals surface area contributed by atoms with Crippen molar-refractivity contribution in [3.63, 3.8) is 0 Å². The Balaban J connectivity index is -0.0000000613. The molecule has 6 aliphatic carbocycles. The second-order valence-corrected chi connectivity index (χ2v) is 27.3. The SMILES string of the molecule is CC(C)C.CC(C)C.CC(C)C.CC(C)C.CC(C)C.CC(C)C.[CH2-]C1([CH2-])CCCCC1.[CH2-]C1([CH2-])CCCCC1.[CH2-]C1([CH2-])CCCCC1.[CH2-]C[C-]1CCCCC1.[CH2-]C[C-]1CCCCC1.[CH2-]C[C-]1CCCCC1.[Y].[Y].[Y].[Y].[Y].[Y]. The van der Waals surface area contributed by atoms with Crippen LogP contribution < -0.4 is 0 Å². The molecule has 0 aromatic carbocycles. The van der Waals surface area contributed by atoms with Crippen molar-refractivity contribution < 1.29 is 196 Å². The van der Waals surface area contributed by atoms with Gasteiger partial charge in [0.1, 0.15) is 0 Å². The summed E-state index contributed by atoms with van der Waals surface area (Å²) in [6.07, 6.45) is 43.9. The monoisotopic (exact) mass is 1540 g/mol. The molecule has 0 N–H and O–H groups in total. The predicted octanol–water partition coefficient (Wildman–Crippen LogP) is 26.0. The Bertz CT molecular complexity index is 787. The molecule has 0 bridgehead atoms. The van der Waals surface area contributed by atoms with Crippen molar-refractivity contribution in [3.05, 3.63) is 80.1 Å². The molecule has 0 amide bonds. The Morgan fingerprint density at radius 3 is 0.397 bits per heavy atom. The van der Waals surface area contributed by atoms with E-state index in [0.29, 0.717) is 0 Å². The van der Waals surface area contributed by atoms with E-state index in [0.717, 1.165) is 54.8 Å². The summed E-state index contributed by atoms with van der Waals surface area (Å²) in [5.74, 6) is 10.1. The zero-order valence-corrected chi connectivity index (χ0v) is 74.7. The quantitative estimate of drug-likeness (QED) is 0.247. The third-order valence-corrected chi connectivity index (χ3v) is 11.5. The van der Waals surface area contributed by atoms with Crippen LogP contribution >= 0.6 is 0 Å². The first-order valence-electron chi connectivity index (χ1n) is 31.3. The van der Waals surface area contributed by atoms with Gasteiger partial charge in [0.15, 0.2) is 0 Å². The van der Waals surface area contributed by atoms with Crippen LogP contribution in [0.3, 0.4) is 0 Å². The third-order valence-electron chi connectivity index (χ3n) is 11.5. The van der Waals surface area contributed by atoms with Gasteiger partial charge in [-0.3, -0.25) is 16.2 Å². The molecule has 6 rings (SSSR count). The van der Waals surface area contributed by atoms with E-state index in [4.69, 9.17) is 0 Å². The minimum Gasteiger partial charge on any atom is -0.372 e. The predicted molar refractivity (Wildman–Crippen MR) is 341 cm³/mol. The van der Waals surface area contributed by atoms with E-state index in [2.05, 4.69) is 187 Å². The molecule has 0 nitrogen and oxygen atoms in total. The molecule has 0 saturated heterocycles. The Labute approximate surface area is 654 Å². The first-order valence-corrected chi connectivity index (χ1v) is 31.3. The number of hydrogen-bond acceptors (Lipinski definition) is 0. The zero-order valence-electron chi connectivity index (χ0n) is 57.6. The van der Waals surface area contributed by atoms with Gasteiger partial charge < -0.3 is 99.3 Å². The van der Waals surface area contributed by atoms with Crippen molar-refractivity contribution in [3.8, 4) is 0 Å². The summed E-state index contributed by atoms with van der Waals surface area (Å²) < 4.78 is 0. The van der Waals surface area contributed by atoms with E-state index in [1.807, 2.05) is 0 Å². The van der Waals surface area contributed by atoms with E-state index in [1.54, 1.807) is 17.8 Å². The fourth-order valence-electron chi connectivity index (χ4n) is 7.81. The van der Waals surface area contributed by atoms with Gasteiger partial charge in [-0.2, -0.15) is 38.5 Å². The molecule has 0 atom stereocenters. The standard InChI is InChI=1S/6C8H14.6C4H10.6Y/c3*1-8(2)6-4-3-5-7-8;3*1-2-8-6-4-3-5-7-8;6*1-4(2)3;;;;;;/h6*1-7H2;6*4H,1-3H3;;;;;;/q6*-2;;;;;;;;;;;;. The molecule has 462 valence electrons. The van der Waals surface area contributed by atoms with Crippen molar-refractivity contribution in [2.45, 2.75) is 337 Å². The summed E-state index contributed by atoms with van der Waals surface area (Å²) in [6.45, 7) is 74.7. The van der Waals surface area contributed by atoms with Crippen molar-refractivity contribution in [2.24, 2.45) is 51.8 Å². The first kappa shape index (κ1) is 112. The average Bonchev–Trinajstić information content (AvgIpc) is 3.27. The Morgan fingerprint density at radius 2 is 0.333 bits per heavy atom. The average molecular weight is 1540 g/mol. The van der Waals surface area contributed by atoms with Crippen LogP contribution in [0.15, 0.2) is 0 Å². The number of hydrogen-bond donors (Lipinski definition) is 0. The van der Waals surface area contributed by atoms with Gasteiger partial charge in [-0.25, -0.2) is 0 Å². The summed E-state index contributed by atoms with van der Waals surface area (Å²) in [5, 5.41) is 0. The Hall–Kier alpha value is 6.62. The van der Waals surface area contributed by atoms with Crippen molar-refractivity contribution in [2.75, 3.05) is 0 Å². The maximum absolute atomic E-state index is 4.02. The molecule has 0 heterocycles. The molecule has 6 aliphatic rings. The van der Waals surface area contributed by atoms with Gasteiger partial charge in [0.05, 0.1) is 0 Å². The van der Waals surface area contributed by atoms with Gasteiger partial charge in [-0.05, 0) is 35.5 Å². The fourth-order valence-corrected chi connectivity index (χ4v) is 7.81. The van der Waals surface area contributed by atoms with E-state index in [-0.39, 0.29) is 213 Å². The summed E-state index contributed by atoms with van der Waals surface area (Å²) in [6, 6.07) is 0. The van der Waals surface area contributed by atoms with Crippen LogP contribution in [0.1, 0.15) is 337 Å². The van der Waals surface area contributed by atoms with Crippen LogP contribution in [0.25, 0.3) is 0 Å². The van der Waals surface area contributed by atoms with Gasteiger partial charge in [0.2, 0.25) is 0 Å². The molecule has 0 aromatic rings. The van der Waals surface area contributed by atoms with Gasteiger partial charge in [-0.1, -0.05) is 240 Å². The van der Waals surface area contributed by atoms with E-state index >= 15 is 0 Å². The van der Waals surface area contributed by atoms with Gasteiger partial charge in [-0.15, -0.1) is 38.5 Å². The maximum atomic E-state index is 4.02. The molecule has 0 aromatic heterocycles. The summed E-state index contributed by atoms with van der Waals surface area (Å²) in [7, 11) is 0. The van der Waals surface area contributed by atoms with E-state index in [1.165, 1.54) is 193 Å². The summed E-state index contributed by atoms with van der Waals surface area (Å²) in [5.41, 5.74) is 0.536. The van der Waals surface area contributed by atoms with E-state index in [9.17, 15) is 0 Å². The van der Waals surface area contributed by atoms with Crippen LogP contribution in [0.2, 0.25) is 0 Å². The van der Waals surface area contributed by atoms with Crippen LogP contribution in [-0.2, 0) is 196 Å². The minimum atomic E-state index is 0. The molecular formula is C72H144Y6-12. The number of rotatable bonds is 3. The van der Waals surface area contributed by atoms with Crippen LogP contribution in [0.4, 0.5) is 0 Å². The van der Waals surface area contributed by atoms with Crippen molar-refractivity contribution in [1.29, 1.82) is 0 Å². The van der Waals surface area contributed by atoms with Gasteiger partial charge >= 0.3 is 0 Å². The topological polar surface area (TPSA) is 0 Å². The fraction of sp³-hybridized carbons (Fsp3) is 0.833. The Kier molecular flexibility index (Phi) is 115. The molecule has 6 heteroatoms. The third kappa shape index (κ3) is 124. The minimum absolute atomic E-state index is 0. The van der Waals surface area contributed by atoms with Crippen LogP contribution in [-0.4, -0.2) is 0 Å². The molecule has 78 heavy (non-hydrogen) atoms. The summed E-state index contributed by atoms with van der Waals surface area (Å²) >= 11 is 0. The van der Waals surface area contributed by atoms with Crippen molar-refractivity contribution >= 4 is 0 Å². The molecule has 6 radical (unpaired) electrons. The normalized spacial score (nSPS) is 18.6. The molecular weight excluding hydrogens is 1400 g/mol. The van der Waals surface area contributed by atoms with Gasteiger partial charge in [0.25, 0.3) is 0 Å². The smallest absolute Gasteiger partial charge is 0 e. The molecule has 0 unspecified atom stereocenters. The zero-order chi connectivity index (χ0) is 57.0. The maximum Gasteiger partial charge on any atom is 0 e.